The highest BCUT2D eigenvalue weighted by molar-refractivity contribution is 6.37. The first-order chi connectivity index (χ1) is 8.45. The lowest BCUT2D eigenvalue weighted by Gasteiger charge is -2.08. The number of halogens is 2. The number of benzene rings is 1. The Morgan fingerprint density at radius 2 is 1.89 bits per heavy atom. The first-order valence-corrected chi connectivity index (χ1v) is 5.38. The molecule has 0 radical (unpaired) electrons. The van der Waals surface area contributed by atoms with Crippen LogP contribution in [0.25, 0.3) is 0 Å². The van der Waals surface area contributed by atoms with Crippen molar-refractivity contribution < 1.29 is 24.3 Å². The van der Waals surface area contributed by atoms with Crippen LogP contribution in [0.1, 0.15) is 10.4 Å². The molecule has 1 aromatic rings. The fourth-order valence-corrected chi connectivity index (χ4v) is 1.75. The number of rotatable bonds is 5. The van der Waals surface area contributed by atoms with Gasteiger partial charge in [0.05, 0.1) is 17.2 Å². The van der Waals surface area contributed by atoms with E-state index in [1.165, 1.54) is 19.2 Å². The molecule has 0 bridgehead atoms. The molecule has 0 spiro atoms. The summed E-state index contributed by atoms with van der Waals surface area (Å²) in [6.07, 6.45) is 0. The van der Waals surface area contributed by atoms with E-state index in [2.05, 4.69) is 4.84 Å². The van der Waals surface area contributed by atoms with Crippen LogP contribution < -0.4 is 10.2 Å². The minimum absolute atomic E-state index is 0.121. The molecule has 0 aliphatic rings. The number of carboxylic acid groups (broad SMARTS) is 1. The largest absolute Gasteiger partial charge is 0.494 e. The molecule has 0 saturated heterocycles. The summed E-state index contributed by atoms with van der Waals surface area (Å²) >= 11 is 11.7. The number of hydrogen-bond acceptors (Lipinski definition) is 4. The molecule has 1 rings (SSSR count). The van der Waals surface area contributed by atoms with Gasteiger partial charge in [-0.2, -0.15) is 0 Å². The highest BCUT2D eigenvalue weighted by Crippen LogP contribution is 2.33. The predicted octanol–water partition coefficient (Wildman–Crippen LogP) is 1.75. The Labute approximate surface area is 112 Å². The summed E-state index contributed by atoms with van der Waals surface area (Å²) in [5.74, 6) is -1.62. The fraction of sp³-hybridized carbons (Fsp3) is 0.200. The Bertz CT molecular complexity index is 454. The lowest BCUT2D eigenvalue weighted by atomic mass is 10.2. The maximum Gasteiger partial charge on any atom is 0.332 e. The first-order valence-electron chi connectivity index (χ1n) is 4.62. The van der Waals surface area contributed by atoms with Gasteiger partial charge in [-0.3, -0.25) is 9.63 Å². The van der Waals surface area contributed by atoms with Crippen LogP contribution >= 0.6 is 23.2 Å². The van der Waals surface area contributed by atoms with E-state index in [0.717, 1.165) is 0 Å². The van der Waals surface area contributed by atoms with Crippen LogP contribution in [0, 0.1) is 0 Å². The fourth-order valence-electron chi connectivity index (χ4n) is 1.11. The number of ether oxygens (including phenoxy) is 1. The summed E-state index contributed by atoms with van der Waals surface area (Å²) in [5, 5.41) is 8.64. The summed E-state index contributed by atoms with van der Waals surface area (Å²) in [7, 11) is 1.39. The molecule has 0 saturated carbocycles. The number of carbonyl (C=O) groups is 2. The lowest BCUT2D eigenvalue weighted by Crippen LogP contribution is -2.26. The van der Waals surface area contributed by atoms with Gasteiger partial charge in [0.15, 0.2) is 12.4 Å². The van der Waals surface area contributed by atoms with E-state index < -0.39 is 18.5 Å². The van der Waals surface area contributed by atoms with E-state index in [-0.39, 0.29) is 21.4 Å². The molecule has 0 heterocycles. The molecule has 6 nitrogen and oxygen atoms in total. The Kier molecular flexibility index (Phi) is 5.21. The molecule has 2 N–H and O–H groups in total. The third-order valence-electron chi connectivity index (χ3n) is 1.83. The highest BCUT2D eigenvalue weighted by Gasteiger charge is 2.13. The van der Waals surface area contributed by atoms with Gasteiger partial charge >= 0.3 is 5.97 Å². The smallest absolute Gasteiger partial charge is 0.332 e. The quantitative estimate of drug-likeness (QED) is 0.808. The van der Waals surface area contributed by atoms with Crippen molar-refractivity contribution in [3.8, 4) is 5.75 Å². The van der Waals surface area contributed by atoms with Crippen molar-refractivity contribution in [2.45, 2.75) is 0 Å². The second kappa shape index (κ2) is 6.44. The Morgan fingerprint density at radius 3 is 2.33 bits per heavy atom. The topological polar surface area (TPSA) is 84.9 Å². The van der Waals surface area contributed by atoms with Gasteiger partial charge in [-0.25, -0.2) is 10.3 Å². The number of nitrogens with one attached hydrogen (secondary N) is 1. The number of hydrogen-bond donors (Lipinski definition) is 2. The van der Waals surface area contributed by atoms with Crippen molar-refractivity contribution in [3.63, 3.8) is 0 Å². The van der Waals surface area contributed by atoms with Crippen LogP contribution in [0.2, 0.25) is 10.0 Å². The predicted molar refractivity (Wildman–Crippen MR) is 64.1 cm³/mol. The zero-order valence-corrected chi connectivity index (χ0v) is 10.7. The number of aliphatic carboxylic acids is 1. The average Bonchev–Trinajstić information content (AvgIpc) is 2.27. The van der Waals surface area contributed by atoms with Gasteiger partial charge in [0, 0.05) is 5.56 Å². The maximum absolute atomic E-state index is 11.5. The zero-order valence-electron chi connectivity index (χ0n) is 9.20. The van der Waals surface area contributed by atoms with Crippen LogP contribution in [0.15, 0.2) is 12.1 Å². The monoisotopic (exact) mass is 293 g/mol. The standard InChI is InChI=1S/C10H9Cl2NO5/c1-17-9-6(11)2-5(3-7(9)12)10(16)13-18-4-8(14)15/h2-3H,4H2,1H3,(H,13,16)(H,14,15). The number of amides is 1. The van der Waals surface area contributed by atoms with E-state index in [1.54, 1.807) is 0 Å². The molecule has 1 amide bonds. The molecule has 98 valence electrons. The van der Waals surface area contributed by atoms with Gasteiger partial charge in [0.25, 0.3) is 5.91 Å². The molecule has 0 aliphatic carbocycles. The molecule has 18 heavy (non-hydrogen) atoms. The SMILES string of the molecule is COc1c(Cl)cc(C(=O)NOCC(=O)O)cc1Cl. The zero-order chi connectivity index (χ0) is 13.7. The molecule has 0 fully saturated rings. The van der Waals surface area contributed by atoms with E-state index in [0.29, 0.717) is 0 Å². The maximum atomic E-state index is 11.5. The van der Waals surface area contributed by atoms with E-state index in [1.807, 2.05) is 5.48 Å². The van der Waals surface area contributed by atoms with E-state index in [9.17, 15) is 9.59 Å². The van der Waals surface area contributed by atoms with Gasteiger partial charge in [-0.05, 0) is 12.1 Å². The summed E-state index contributed by atoms with van der Waals surface area (Å²) in [6.45, 7) is -0.649. The van der Waals surface area contributed by atoms with Crippen molar-refractivity contribution in [2.24, 2.45) is 0 Å². The van der Waals surface area contributed by atoms with Crippen molar-refractivity contribution in [2.75, 3.05) is 13.7 Å². The van der Waals surface area contributed by atoms with Crippen molar-refractivity contribution in [3.05, 3.63) is 27.7 Å². The summed E-state index contributed by atoms with van der Waals surface area (Å²) in [4.78, 5) is 26.1. The van der Waals surface area contributed by atoms with Gasteiger partial charge in [0.2, 0.25) is 0 Å². The molecule has 0 aliphatic heterocycles. The van der Waals surface area contributed by atoms with Crippen LogP contribution in [-0.2, 0) is 9.63 Å². The number of hydroxylamine groups is 1. The van der Waals surface area contributed by atoms with Crippen LogP contribution in [0.5, 0.6) is 5.75 Å². The minimum Gasteiger partial charge on any atom is -0.494 e. The molecule has 1 aromatic carbocycles. The normalized spacial score (nSPS) is 9.94. The van der Waals surface area contributed by atoms with Crippen molar-refractivity contribution in [1.82, 2.24) is 5.48 Å². The number of methoxy groups -OCH3 is 1. The minimum atomic E-state index is -1.21. The van der Waals surface area contributed by atoms with Gasteiger partial charge < -0.3 is 9.84 Å². The Morgan fingerprint density at radius 1 is 1.33 bits per heavy atom. The van der Waals surface area contributed by atoms with Crippen LogP contribution in [-0.4, -0.2) is 30.7 Å². The molecule has 0 aromatic heterocycles. The number of carbonyl (C=O) groups excluding carboxylic acids is 1. The third-order valence-corrected chi connectivity index (χ3v) is 2.39. The summed E-state index contributed by atoms with van der Waals surface area (Å²) in [6, 6.07) is 2.65. The third kappa shape index (κ3) is 3.76. The van der Waals surface area contributed by atoms with Gasteiger partial charge in [-0.15, -0.1) is 0 Å². The molecule has 8 heteroatoms. The second-order valence-corrected chi connectivity index (χ2v) is 3.90. The highest BCUT2D eigenvalue weighted by atomic mass is 35.5. The van der Waals surface area contributed by atoms with E-state index in [4.69, 9.17) is 33.0 Å². The van der Waals surface area contributed by atoms with Gasteiger partial charge in [0.1, 0.15) is 0 Å². The first kappa shape index (κ1) is 14.6. The van der Waals surface area contributed by atoms with E-state index >= 15 is 0 Å². The van der Waals surface area contributed by atoms with Crippen LogP contribution in [0.4, 0.5) is 0 Å². The number of carboxylic acids is 1. The average molecular weight is 294 g/mol. The molecular weight excluding hydrogens is 285 g/mol. The van der Waals surface area contributed by atoms with Crippen LogP contribution in [0.3, 0.4) is 0 Å². The van der Waals surface area contributed by atoms with Crippen molar-refractivity contribution >= 4 is 35.1 Å². The lowest BCUT2D eigenvalue weighted by molar-refractivity contribution is -0.144. The molecule has 0 unspecified atom stereocenters. The summed E-state index contributed by atoms with van der Waals surface area (Å²) < 4.78 is 4.92. The molecule has 0 atom stereocenters. The Balaban J connectivity index is 2.78. The molecular formula is C10H9Cl2NO5. The second-order valence-electron chi connectivity index (χ2n) is 3.09. The van der Waals surface area contributed by atoms with Crippen molar-refractivity contribution in [1.29, 1.82) is 0 Å². The van der Waals surface area contributed by atoms with Gasteiger partial charge in [-0.1, -0.05) is 23.2 Å². The Hall–Kier alpha value is -1.50. The summed E-state index contributed by atoms with van der Waals surface area (Å²) in [5.41, 5.74) is 2.07.